The molecule has 0 fully saturated rings. The average Bonchev–Trinajstić information content (AvgIpc) is 1.76. The molecule has 19 heteroatoms. The van der Waals surface area contributed by atoms with Gasteiger partial charge in [-0.15, -0.1) is 0 Å². The molecule has 3 aliphatic heterocycles. The number of aromatic nitrogens is 6. The number of aryl methyl sites for hydroxylation is 4. The monoisotopic (exact) mass is 1210 g/mol. The molecule has 9 aromatic rings. The van der Waals surface area contributed by atoms with E-state index in [1.807, 2.05) is 31.3 Å². The zero-order valence-corrected chi connectivity index (χ0v) is 53.4. The molecule has 0 saturated heterocycles. The topological polar surface area (TPSA) is 228 Å². The number of esters is 1. The van der Waals surface area contributed by atoms with Gasteiger partial charge in [0.05, 0.1) is 31.5 Å². The van der Waals surface area contributed by atoms with Crippen LogP contribution in [-0.4, -0.2) is 114 Å². The number of pyridine rings is 3. The van der Waals surface area contributed by atoms with Gasteiger partial charge in [0.1, 0.15) is 29.6 Å². The third-order valence-electron chi connectivity index (χ3n) is 17.6. The maximum atomic E-state index is 12.4. The highest BCUT2D eigenvalue weighted by atomic mass is 16.5. The van der Waals surface area contributed by atoms with E-state index in [1.165, 1.54) is 79.1 Å². The summed E-state index contributed by atoms with van der Waals surface area (Å²) < 4.78 is 19.2. The fraction of sp³-hybridized carbons (Fsp3) is 0.380. The van der Waals surface area contributed by atoms with Crippen molar-refractivity contribution in [2.24, 2.45) is 10.8 Å². The van der Waals surface area contributed by atoms with Crippen LogP contribution >= 0.6 is 0 Å². The lowest BCUT2D eigenvalue weighted by Crippen LogP contribution is -2.34. The van der Waals surface area contributed by atoms with Crippen LogP contribution in [0.3, 0.4) is 0 Å². The van der Waals surface area contributed by atoms with Crippen LogP contribution in [0.4, 0.5) is 0 Å². The molecule has 9 heterocycles. The largest absolute Gasteiger partial charge is 0.513 e. The second kappa shape index (κ2) is 27.8. The number of ketones is 1. The summed E-state index contributed by atoms with van der Waals surface area (Å²) in [4.78, 5) is 58.1. The molecule has 0 radical (unpaired) electrons. The summed E-state index contributed by atoms with van der Waals surface area (Å²) in [5.74, 6) is -1.14. The molecule has 3 atom stereocenters. The lowest BCUT2D eigenvalue weighted by molar-refractivity contribution is -0.151. The lowest BCUT2D eigenvalue weighted by atomic mass is 9.96. The fourth-order valence-electron chi connectivity index (χ4n) is 12.9. The number of likely N-dealkylation sites (N-methyl/N-ethyl adjacent to an activating group) is 3. The molecule has 0 spiro atoms. The molecule has 3 aliphatic rings. The summed E-state index contributed by atoms with van der Waals surface area (Å²) in [7, 11) is 6.47. The second-order valence-electron chi connectivity index (χ2n) is 24.9. The number of amides is 1. The Bertz CT molecular complexity index is 4160. The van der Waals surface area contributed by atoms with E-state index in [1.54, 1.807) is 30.7 Å². The number of hydrogen-bond acceptors (Lipinski definition) is 13. The van der Waals surface area contributed by atoms with Crippen LogP contribution in [0.15, 0.2) is 133 Å². The van der Waals surface area contributed by atoms with Gasteiger partial charge in [-0.3, -0.25) is 29.3 Å². The van der Waals surface area contributed by atoms with Crippen molar-refractivity contribution >= 4 is 50.4 Å². The molecule has 90 heavy (non-hydrogen) atoms. The number of primary amides is 1. The Morgan fingerprint density at radius 1 is 0.711 bits per heavy atom. The summed E-state index contributed by atoms with van der Waals surface area (Å²) >= 11 is 0. The van der Waals surface area contributed by atoms with Crippen LogP contribution in [-0.2, 0) is 83.2 Å². The lowest BCUT2D eigenvalue weighted by Gasteiger charge is -2.33. The minimum absolute atomic E-state index is 0.144. The molecular weight excluding hydrogens is 1130 g/mol. The maximum Gasteiger partial charge on any atom is 0.313 e. The Balaban J connectivity index is 0.000000149. The van der Waals surface area contributed by atoms with E-state index >= 15 is 0 Å². The molecule has 0 bridgehead atoms. The molecule has 3 aromatic carbocycles. The molecule has 0 aliphatic carbocycles. The SMILES string of the molecule is C=C(O)CCOC(C)(Cn1c2c(c3cc(C)ccc31)CN(C)CC2)c1cccnc1.CC(=O)CC(=O)OC(Cn1c2c(c3cc(C)ccc31)CN(C)CC2)c1ccc(C)nc1.Cc1ccc2c(c1)c1c(n2CC(N=[N+]=[N-])c2ccc(C(N)=O)nc2)CCN(C)C1. The molecule has 3 N–H and O–H groups in total. The van der Waals surface area contributed by atoms with E-state index in [2.05, 4.69) is 169 Å². The molecule has 0 saturated carbocycles. The van der Waals surface area contributed by atoms with E-state index in [9.17, 15) is 19.5 Å². The number of Topliss-reactive ketones (excluding diaryl/α,β-unsaturated/α-hetero) is 1. The van der Waals surface area contributed by atoms with Gasteiger partial charge in [-0.05, 0) is 145 Å². The number of aliphatic hydroxyl groups excluding tert-OH is 1. The zero-order valence-electron chi connectivity index (χ0n) is 53.4. The van der Waals surface area contributed by atoms with Crippen molar-refractivity contribution in [3.63, 3.8) is 0 Å². The van der Waals surface area contributed by atoms with Crippen molar-refractivity contribution in [1.82, 2.24) is 43.4 Å². The van der Waals surface area contributed by atoms with Crippen LogP contribution in [0.5, 0.6) is 0 Å². The first kappa shape index (κ1) is 64.0. The molecule has 12 rings (SSSR count). The summed E-state index contributed by atoms with van der Waals surface area (Å²) in [5.41, 5.74) is 33.0. The third kappa shape index (κ3) is 14.5. The Morgan fingerprint density at radius 2 is 1.23 bits per heavy atom. The highest BCUT2D eigenvalue weighted by Gasteiger charge is 2.33. The maximum absolute atomic E-state index is 12.4. The number of aliphatic hydroxyl groups is 1. The van der Waals surface area contributed by atoms with E-state index in [-0.39, 0.29) is 23.7 Å². The van der Waals surface area contributed by atoms with Gasteiger partial charge in [-0.2, -0.15) is 0 Å². The highest BCUT2D eigenvalue weighted by molar-refractivity contribution is 5.94. The number of ether oxygens (including phenoxy) is 2. The van der Waals surface area contributed by atoms with E-state index in [0.717, 1.165) is 91.9 Å². The van der Waals surface area contributed by atoms with Crippen molar-refractivity contribution in [3.05, 3.63) is 217 Å². The normalized spacial score (nSPS) is 15.4. The molecule has 6 aromatic heterocycles. The van der Waals surface area contributed by atoms with Gasteiger partial charge in [-0.1, -0.05) is 64.8 Å². The predicted molar refractivity (Wildman–Crippen MR) is 352 cm³/mol. The summed E-state index contributed by atoms with van der Waals surface area (Å²) in [5, 5.41) is 17.4. The quantitative estimate of drug-likeness (QED) is 0.0204. The number of nitrogens with two attached hydrogens (primary N) is 1. The van der Waals surface area contributed by atoms with Crippen LogP contribution in [0.25, 0.3) is 43.2 Å². The number of benzene rings is 3. The van der Waals surface area contributed by atoms with Gasteiger partial charge in [0.25, 0.3) is 5.91 Å². The molecule has 3 unspecified atom stereocenters. The zero-order chi connectivity index (χ0) is 64.0. The first-order chi connectivity index (χ1) is 43.2. The number of rotatable bonds is 18. The van der Waals surface area contributed by atoms with Crippen molar-refractivity contribution in [2.45, 2.75) is 131 Å². The highest BCUT2D eigenvalue weighted by Crippen LogP contribution is 2.38. The minimum atomic E-state index is -0.582. The first-order valence-corrected chi connectivity index (χ1v) is 30.9. The van der Waals surface area contributed by atoms with Crippen LogP contribution in [0.1, 0.15) is 122 Å². The van der Waals surface area contributed by atoms with Gasteiger partial charge in [0.15, 0.2) is 0 Å². The molecule has 19 nitrogen and oxygen atoms in total. The van der Waals surface area contributed by atoms with Crippen LogP contribution < -0.4 is 5.73 Å². The molecule has 1 amide bonds. The Morgan fingerprint density at radius 3 is 1.70 bits per heavy atom. The van der Waals surface area contributed by atoms with E-state index in [4.69, 9.17) is 20.7 Å². The molecule has 468 valence electrons. The number of nitrogens with zero attached hydrogens (tertiary/aromatic N) is 12. The third-order valence-corrected chi connectivity index (χ3v) is 17.6. The Hall–Kier alpha value is -8.97. The van der Waals surface area contributed by atoms with Crippen LogP contribution in [0.2, 0.25) is 0 Å². The second-order valence-corrected chi connectivity index (χ2v) is 24.9. The first-order valence-electron chi connectivity index (χ1n) is 30.9. The van der Waals surface area contributed by atoms with Crippen molar-refractivity contribution in [3.8, 4) is 0 Å². The Labute approximate surface area is 526 Å². The smallest absolute Gasteiger partial charge is 0.313 e. The Kier molecular flexibility index (Phi) is 19.8. The average molecular weight is 1210 g/mol. The van der Waals surface area contributed by atoms with Crippen LogP contribution in [0, 0.1) is 27.7 Å². The molecular formula is C71H83N13O6. The van der Waals surface area contributed by atoms with Gasteiger partial charge in [-0.25, -0.2) is 0 Å². The summed E-state index contributed by atoms with van der Waals surface area (Å²) in [6.45, 7) is 23.3. The predicted octanol–water partition coefficient (Wildman–Crippen LogP) is 12.1. The van der Waals surface area contributed by atoms with Gasteiger partial charge in [0.2, 0.25) is 0 Å². The van der Waals surface area contributed by atoms with E-state index < -0.39 is 29.6 Å². The van der Waals surface area contributed by atoms with Gasteiger partial charge in [0, 0.05) is 168 Å². The standard InChI is InChI=1S/C25H29N3O3.C25H31N3O2.C21H23N7O/c1-16-5-8-22-20(11-16)21-14-27(4)10-9-23(21)28(22)15-24(31-25(30)12-18(3)29)19-7-6-17(2)26-13-19;1-18-7-8-23-21(14-18)22-16-27(4)12-9-24(22)28(23)17-25(3,30-13-10-19(2)29)20-6-5-11-26-15-20;1-13-3-6-19-15(9-13)16-11-27(2)8-7-20(16)28(19)12-18(25-26-23)14-4-5-17(21(22)29)24-10-14/h5-8,11,13,24H,9-10,12,14-15H2,1-4H3;5-8,11,14-15,29H,2,9-10,12-13,16-17H2,1,3-4H3;3-6,9-10,18H,7-8,11-12H2,1-2H3,(H2,22,29). The minimum Gasteiger partial charge on any atom is -0.513 e. The number of azide groups is 1. The van der Waals surface area contributed by atoms with Gasteiger partial charge >= 0.3 is 5.97 Å². The van der Waals surface area contributed by atoms with Crippen molar-refractivity contribution in [2.75, 3.05) is 47.4 Å². The number of carbonyl (C=O) groups is 3. The van der Waals surface area contributed by atoms with Crippen molar-refractivity contribution in [1.29, 1.82) is 0 Å². The number of fused-ring (bicyclic) bond motifs is 9. The summed E-state index contributed by atoms with van der Waals surface area (Å²) in [6.07, 6.45) is 9.59. The number of carbonyl (C=O) groups excluding carboxylic acids is 3. The van der Waals surface area contributed by atoms with Crippen molar-refractivity contribution < 1.29 is 29.0 Å². The number of hydrogen-bond donors (Lipinski definition) is 2. The van der Waals surface area contributed by atoms with Gasteiger partial charge < -0.3 is 48.7 Å². The van der Waals surface area contributed by atoms with E-state index in [0.29, 0.717) is 32.7 Å². The summed E-state index contributed by atoms with van der Waals surface area (Å²) in [6, 6.07) is 30.5. The fourth-order valence-corrected chi connectivity index (χ4v) is 12.9.